The molecule has 1 atom stereocenters. The lowest BCUT2D eigenvalue weighted by Crippen LogP contribution is -2.49. The number of carbonyl (C=O) groups excluding carboxylic acids is 1. The van der Waals surface area contributed by atoms with E-state index in [2.05, 4.69) is 10.0 Å². The molecule has 0 saturated heterocycles. The summed E-state index contributed by atoms with van der Waals surface area (Å²) >= 11 is 0. The van der Waals surface area contributed by atoms with Gasteiger partial charge in [-0.05, 0) is 48.2 Å². The molecule has 0 unspecified atom stereocenters. The van der Waals surface area contributed by atoms with Crippen LogP contribution < -0.4 is 14.8 Å². The van der Waals surface area contributed by atoms with E-state index in [-0.39, 0.29) is 16.7 Å². The summed E-state index contributed by atoms with van der Waals surface area (Å²) in [6, 6.07) is 12.9. The van der Waals surface area contributed by atoms with Crippen LogP contribution in [-0.4, -0.2) is 34.1 Å². The second-order valence-corrected chi connectivity index (χ2v) is 8.90. The average Bonchev–Trinajstić information content (AvgIpc) is 2.75. The number of benzene rings is 2. The molecule has 0 fully saturated rings. The van der Waals surface area contributed by atoms with Crippen LogP contribution >= 0.6 is 0 Å². The van der Waals surface area contributed by atoms with Gasteiger partial charge in [-0.25, -0.2) is 8.42 Å². The van der Waals surface area contributed by atoms with Gasteiger partial charge < -0.3 is 14.8 Å². The minimum Gasteiger partial charge on any atom is -0.497 e. The molecule has 0 aliphatic heterocycles. The summed E-state index contributed by atoms with van der Waals surface area (Å²) in [5, 5.41) is 2.82. The summed E-state index contributed by atoms with van der Waals surface area (Å²) in [4.78, 5) is 12.8. The van der Waals surface area contributed by atoms with E-state index in [1.165, 1.54) is 19.2 Å². The van der Waals surface area contributed by atoms with Gasteiger partial charge in [0.1, 0.15) is 11.8 Å². The van der Waals surface area contributed by atoms with Gasteiger partial charge in [0, 0.05) is 13.2 Å². The fourth-order valence-electron chi connectivity index (χ4n) is 2.75. The third kappa shape index (κ3) is 6.83. The van der Waals surface area contributed by atoms with Crippen LogP contribution in [0.2, 0.25) is 0 Å². The summed E-state index contributed by atoms with van der Waals surface area (Å²) in [5.41, 5.74) is 1.98. The molecule has 0 aliphatic rings. The van der Waals surface area contributed by atoms with Crippen molar-refractivity contribution in [3.8, 4) is 5.75 Å². The van der Waals surface area contributed by atoms with E-state index in [1.807, 2.05) is 31.2 Å². The Morgan fingerprint density at radius 2 is 1.60 bits per heavy atom. The SMILES string of the molecule is CCOCc1ccc(CNC(=O)[C@@H](NS(=O)(=O)c2ccc(OC)cc2)C(C)C)cc1. The monoisotopic (exact) mass is 434 g/mol. The van der Waals surface area contributed by atoms with Gasteiger partial charge in [0.2, 0.25) is 15.9 Å². The van der Waals surface area contributed by atoms with Crippen LogP contribution in [0, 0.1) is 5.92 Å². The molecule has 2 aromatic carbocycles. The maximum absolute atomic E-state index is 12.7. The predicted octanol–water partition coefficient (Wildman–Crippen LogP) is 2.85. The number of methoxy groups -OCH3 is 1. The Morgan fingerprint density at radius 3 is 2.13 bits per heavy atom. The van der Waals surface area contributed by atoms with Crippen molar-refractivity contribution in [1.82, 2.24) is 10.0 Å². The molecular formula is C22H30N2O5S. The van der Waals surface area contributed by atoms with Crippen LogP contribution in [0.5, 0.6) is 5.75 Å². The molecule has 2 rings (SSSR count). The smallest absolute Gasteiger partial charge is 0.241 e. The first kappa shape index (κ1) is 23.9. The molecule has 0 aliphatic carbocycles. The van der Waals surface area contributed by atoms with Gasteiger partial charge in [0.25, 0.3) is 0 Å². The van der Waals surface area contributed by atoms with Crippen molar-refractivity contribution in [3.05, 3.63) is 59.7 Å². The molecule has 30 heavy (non-hydrogen) atoms. The molecule has 0 saturated carbocycles. The van der Waals surface area contributed by atoms with Crippen molar-refractivity contribution < 1.29 is 22.7 Å². The summed E-state index contributed by atoms with van der Waals surface area (Å²) in [6.07, 6.45) is 0. The molecule has 0 bridgehead atoms. The first-order valence-electron chi connectivity index (χ1n) is 9.86. The second kappa shape index (κ2) is 11.1. The molecule has 2 aromatic rings. The van der Waals surface area contributed by atoms with Gasteiger partial charge >= 0.3 is 0 Å². The number of hydrogen-bond donors (Lipinski definition) is 2. The van der Waals surface area contributed by atoms with Gasteiger partial charge in [-0.1, -0.05) is 38.1 Å². The van der Waals surface area contributed by atoms with Crippen LogP contribution in [-0.2, 0) is 32.7 Å². The van der Waals surface area contributed by atoms with Crippen LogP contribution in [0.4, 0.5) is 0 Å². The third-order valence-corrected chi connectivity index (χ3v) is 6.02. The minimum atomic E-state index is -3.85. The van der Waals surface area contributed by atoms with Crippen LogP contribution in [0.3, 0.4) is 0 Å². The number of nitrogens with one attached hydrogen (secondary N) is 2. The molecule has 0 spiro atoms. The molecule has 164 valence electrons. The zero-order chi connectivity index (χ0) is 22.1. The topological polar surface area (TPSA) is 93.7 Å². The Balaban J connectivity index is 2.01. The Labute approximate surface area is 178 Å². The second-order valence-electron chi connectivity index (χ2n) is 7.19. The maximum atomic E-state index is 12.7. The standard InChI is InChI=1S/C22H30N2O5S/c1-5-29-15-18-8-6-17(7-9-18)14-23-22(25)21(16(2)3)24-30(26,27)20-12-10-19(28-4)11-13-20/h6-13,16,21,24H,5,14-15H2,1-4H3,(H,23,25)/t21-/m0/s1. The van der Waals surface area contributed by atoms with E-state index in [0.717, 1.165) is 11.1 Å². The Hall–Kier alpha value is -2.42. The lowest BCUT2D eigenvalue weighted by molar-refractivity contribution is -0.123. The summed E-state index contributed by atoms with van der Waals surface area (Å²) < 4.78 is 38.4. The highest BCUT2D eigenvalue weighted by molar-refractivity contribution is 7.89. The van der Waals surface area contributed by atoms with E-state index < -0.39 is 16.1 Å². The summed E-state index contributed by atoms with van der Waals surface area (Å²) in [6.45, 7) is 7.04. The van der Waals surface area contributed by atoms with Crippen molar-refractivity contribution in [1.29, 1.82) is 0 Å². The predicted molar refractivity (Wildman–Crippen MR) is 116 cm³/mol. The van der Waals surface area contributed by atoms with Gasteiger partial charge in [0.15, 0.2) is 0 Å². The Bertz CT molecular complexity index is 910. The highest BCUT2D eigenvalue weighted by Gasteiger charge is 2.28. The number of amides is 1. The molecule has 1 amide bonds. The first-order valence-corrected chi connectivity index (χ1v) is 11.3. The van der Waals surface area contributed by atoms with Crippen molar-refractivity contribution in [2.24, 2.45) is 5.92 Å². The van der Waals surface area contributed by atoms with Crippen molar-refractivity contribution in [2.45, 2.75) is 44.9 Å². The normalized spacial score (nSPS) is 12.6. The highest BCUT2D eigenvalue weighted by atomic mass is 32.2. The number of ether oxygens (including phenoxy) is 2. The highest BCUT2D eigenvalue weighted by Crippen LogP contribution is 2.17. The van der Waals surface area contributed by atoms with Crippen molar-refractivity contribution in [3.63, 3.8) is 0 Å². The number of sulfonamides is 1. The maximum Gasteiger partial charge on any atom is 0.241 e. The Morgan fingerprint density at radius 1 is 1.00 bits per heavy atom. The van der Waals surface area contributed by atoms with Gasteiger partial charge in [-0.15, -0.1) is 0 Å². The lowest BCUT2D eigenvalue weighted by atomic mass is 10.0. The quantitative estimate of drug-likeness (QED) is 0.567. The molecule has 0 aromatic heterocycles. The minimum absolute atomic E-state index is 0.0756. The van der Waals surface area contributed by atoms with Gasteiger partial charge in [-0.2, -0.15) is 4.72 Å². The number of hydrogen-bond acceptors (Lipinski definition) is 5. The van der Waals surface area contributed by atoms with Crippen LogP contribution in [0.25, 0.3) is 0 Å². The Kier molecular flexibility index (Phi) is 8.83. The molecule has 0 heterocycles. The molecule has 8 heteroatoms. The van der Waals surface area contributed by atoms with Crippen LogP contribution in [0.1, 0.15) is 31.9 Å². The third-order valence-electron chi connectivity index (χ3n) is 4.56. The zero-order valence-electron chi connectivity index (χ0n) is 17.8. The van der Waals surface area contributed by atoms with Gasteiger partial charge in [0.05, 0.1) is 18.6 Å². The lowest BCUT2D eigenvalue weighted by Gasteiger charge is -2.22. The average molecular weight is 435 g/mol. The van der Waals surface area contributed by atoms with E-state index >= 15 is 0 Å². The summed E-state index contributed by atoms with van der Waals surface area (Å²) in [5.74, 6) is -0.0496. The van der Waals surface area contributed by atoms with Crippen LogP contribution in [0.15, 0.2) is 53.4 Å². The fourth-order valence-corrected chi connectivity index (χ4v) is 4.10. The van der Waals surface area contributed by atoms with E-state index in [9.17, 15) is 13.2 Å². The van der Waals surface area contributed by atoms with E-state index in [4.69, 9.17) is 9.47 Å². The molecule has 0 radical (unpaired) electrons. The zero-order valence-corrected chi connectivity index (χ0v) is 18.7. The fraction of sp³-hybridized carbons (Fsp3) is 0.409. The largest absolute Gasteiger partial charge is 0.497 e. The molecule has 7 nitrogen and oxygen atoms in total. The number of carbonyl (C=O) groups is 1. The van der Waals surface area contributed by atoms with Crippen molar-refractivity contribution in [2.75, 3.05) is 13.7 Å². The molecule has 2 N–H and O–H groups in total. The van der Waals surface area contributed by atoms with Crippen molar-refractivity contribution >= 4 is 15.9 Å². The van der Waals surface area contributed by atoms with E-state index in [1.54, 1.807) is 26.0 Å². The molecular weight excluding hydrogens is 404 g/mol. The first-order chi connectivity index (χ1) is 14.3. The van der Waals surface area contributed by atoms with E-state index in [0.29, 0.717) is 25.5 Å². The van der Waals surface area contributed by atoms with Gasteiger partial charge in [-0.3, -0.25) is 4.79 Å². The summed E-state index contributed by atoms with van der Waals surface area (Å²) in [7, 11) is -2.34. The number of rotatable bonds is 11.